The van der Waals surface area contributed by atoms with E-state index in [4.69, 9.17) is 14.4 Å². The number of hydrogen-bond acceptors (Lipinski definition) is 6. The Labute approximate surface area is 142 Å². The average Bonchev–Trinajstić information content (AvgIpc) is 3.14. The number of benzene rings is 1. The van der Waals surface area contributed by atoms with Crippen molar-refractivity contribution in [3.63, 3.8) is 0 Å². The van der Waals surface area contributed by atoms with Gasteiger partial charge in [0, 0.05) is 6.08 Å². The first-order chi connectivity index (χ1) is 12.2. The molecule has 0 aliphatic rings. The summed E-state index contributed by atoms with van der Waals surface area (Å²) < 4.78 is 11.4. The molecular weight excluding hydrogens is 322 g/mol. The van der Waals surface area contributed by atoms with Crippen molar-refractivity contribution in [2.45, 2.75) is 13.2 Å². The van der Waals surface area contributed by atoms with Gasteiger partial charge in [-0.1, -0.05) is 12.1 Å². The predicted molar refractivity (Wildman–Crippen MR) is 89.2 cm³/mol. The van der Waals surface area contributed by atoms with Crippen molar-refractivity contribution in [2.75, 3.05) is 0 Å². The first-order valence-electron chi connectivity index (χ1n) is 7.43. The number of carbonyl (C=O) groups is 1. The lowest BCUT2D eigenvalue weighted by Crippen LogP contribution is -2.26. The molecule has 0 bridgehead atoms. The van der Waals surface area contributed by atoms with Crippen LogP contribution >= 0.6 is 0 Å². The van der Waals surface area contributed by atoms with Gasteiger partial charge in [-0.3, -0.25) is 9.36 Å². The van der Waals surface area contributed by atoms with E-state index in [9.17, 15) is 9.59 Å². The van der Waals surface area contributed by atoms with E-state index in [1.54, 1.807) is 36.4 Å². The summed E-state index contributed by atoms with van der Waals surface area (Å²) in [7, 11) is 0. The first kappa shape index (κ1) is 16.2. The summed E-state index contributed by atoms with van der Waals surface area (Å²) in [5, 5.41) is 9.35. The van der Waals surface area contributed by atoms with Gasteiger partial charge in [-0.2, -0.15) is 5.26 Å². The fraction of sp³-hybridized carbons (Fsp3) is 0.111. The molecule has 0 atom stereocenters. The van der Waals surface area contributed by atoms with Crippen LogP contribution in [0.2, 0.25) is 0 Å². The van der Waals surface area contributed by atoms with Gasteiger partial charge in [0.25, 0.3) is 5.56 Å². The van der Waals surface area contributed by atoms with Crippen LogP contribution < -0.4 is 5.56 Å². The van der Waals surface area contributed by atoms with E-state index in [0.717, 1.165) is 0 Å². The Morgan fingerprint density at radius 1 is 1.32 bits per heavy atom. The van der Waals surface area contributed by atoms with E-state index in [0.29, 0.717) is 16.7 Å². The average molecular weight is 335 g/mol. The number of nitrogens with zero attached hydrogens (tertiary/aromatic N) is 3. The largest absolute Gasteiger partial charge is 0.465 e. The Hall–Kier alpha value is -3.66. The number of carbonyl (C=O) groups excluding carboxylic acids is 1. The topological polar surface area (TPSA) is 98.1 Å². The number of nitriles is 1. The Bertz CT molecular complexity index is 1030. The Balaban J connectivity index is 1.83. The molecule has 0 amide bonds. The summed E-state index contributed by atoms with van der Waals surface area (Å²) >= 11 is 0. The molecule has 0 aliphatic carbocycles. The third-order valence-corrected chi connectivity index (χ3v) is 3.44. The van der Waals surface area contributed by atoms with Crippen LogP contribution in [-0.4, -0.2) is 15.5 Å². The molecule has 0 saturated carbocycles. The second kappa shape index (κ2) is 7.27. The molecule has 2 aromatic heterocycles. The van der Waals surface area contributed by atoms with Gasteiger partial charge in [-0.05, 0) is 30.3 Å². The number of fused-ring (bicyclic) bond motifs is 1. The summed E-state index contributed by atoms with van der Waals surface area (Å²) in [6.07, 6.45) is 4.18. The molecule has 3 aromatic rings. The number of hydrogen-bond donors (Lipinski definition) is 0. The highest BCUT2D eigenvalue weighted by atomic mass is 16.5. The second-order valence-electron chi connectivity index (χ2n) is 5.05. The molecular formula is C18H13N3O4. The third kappa shape index (κ3) is 3.64. The zero-order valence-corrected chi connectivity index (χ0v) is 13.1. The first-order valence-corrected chi connectivity index (χ1v) is 7.43. The van der Waals surface area contributed by atoms with Crippen molar-refractivity contribution < 1.29 is 13.9 Å². The van der Waals surface area contributed by atoms with Crippen LogP contribution in [0.15, 0.2) is 57.9 Å². The number of ether oxygens (including phenoxy) is 1. The summed E-state index contributed by atoms with van der Waals surface area (Å²) in [5.41, 5.74) is 0.142. The Morgan fingerprint density at radius 2 is 2.16 bits per heavy atom. The molecule has 3 rings (SSSR count). The molecule has 0 fully saturated rings. The van der Waals surface area contributed by atoms with Crippen molar-refractivity contribution >= 4 is 22.9 Å². The fourth-order valence-electron chi connectivity index (χ4n) is 2.28. The van der Waals surface area contributed by atoms with Crippen LogP contribution in [0.25, 0.3) is 17.0 Å². The molecule has 0 aliphatic heterocycles. The quantitative estimate of drug-likeness (QED) is 0.524. The zero-order valence-electron chi connectivity index (χ0n) is 13.1. The lowest BCUT2D eigenvalue weighted by molar-refractivity contribution is -0.139. The predicted octanol–water partition coefficient (Wildman–Crippen LogP) is 2.27. The molecule has 0 spiro atoms. The van der Waals surface area contributed by atoms with Gasteiger partial charge >= 0.3 is 5.97 Å². The molecule has 1 aromatic carbocycles. The number of para-hydroxylation sites is 1. The minimum Gasteiger partial charge on any atom is -0.465 e. The van der Waals surface area contributed by atoms with Gasteiger partial charge in [0.1, 0.15) is 18.9 Å². The maximum Gasteiger partial charge on any atom is 0.331 e. The zero-order chi connectivity index (χ0) is 17.6. The van der Waals surface area contributed by atoms with Gasteiger partial charge in [-0.15, -0.1) is 0 Å². The molecule has 124 valence electrons. The molecule has 0 radical (unpaired) electrons. The van der Waals surface area contributed by atoms with E-state index in [1.165, 1.54) is 23.0 Å². The molecule has 0 N–H and O–H groups in total. The summed E-state index contributed by atoms with van der Waals surface area (Å²) in [6.45, 7) is -0.394. The van der Waals surface area contributed by atoms with Gasteiger partial charge in [0.15, 0.2) is 5.82 Å². The highest BCUT2D eigenvalue weighted by Gasteiger charge is 2.12. The molecule has 25 heavy (non-hydrogen) atoms. The smallest absolute Gasteiger partial charge is 0.331 e. The van der Waals surface area contributed by atoms with Crippen molar-refractivity contribution in [3.8, 4) is 6.07 Å². The maximum atomic E-state index is 12.5. The van der Waals surface area contributed by atoms with Crippen molar-refractivity contribution in [1.29, 1.82) is 5.26 Å². The van der Waals surface area contributed by atoms with Crippen molar-refractivity contribution in [2.24, 2.45) is 0 Å². The van der Waals surface area contributed by atoms with E-state index in [1.807, 2.05) is 6.07 Å². The Morgan fingerprint density at radius 3 is 2.92 bits per heavy atom. The maximum absolute atomic E-state index is 12.5. The van der Waals surface area contributed by atoms with Gasteiger partial charge in [0.2, 0.25) is 0 Å². The molecule has 0 saturated heterocycles. The lowest BCUT2D eigenvalue weighted by Gasteiger charge is -2.10. The summed E-state index contributed by atoms with van der Waals surface area (Å²) in [6, 6.07) is 12.1. The van der Waals surface area contributed by atoms with Crippen molar-refractivity contribution in [3.05, 3.63) is 70.7 Å². The van der Waals surface area contributed by atoms with Crippen LogP contribution in [-0.2, 0) is 22.7 Å². The third-order valence-electron chi connectivity index (χ3n) is 3.44. The highest BCUT2D eigenvalue weighted by Crippen LogP contribution is 2.09. The van der Waals surface area contributed by atoms with E-state index >= 15 is 0 Å². The molecule has 2 heterocycles. The van der Waals surface area contributed by atoms with Crippen LogP contribution in [0, 0.1) is 11.3 Å². The molecule has 0 unspecified atom stereocenters. The highest BCUT2D eigenvalue weighted by molar-refractivity contribution is 5.86. The standard InChI is InChI=1S/C18H13N3O4/c19-9-10-21-16(20-15-6-2-1-5-14(15)18(21)23)12-25-17(22)8-7-13-4-3-11-24-13/h1-8,11H,10,12H2/b8-7+. The van der Waals surface area contributed by atoms with Gasteiger partial charge < -0.3 is 9.15 Å². The van der Waals surface area contributed by atoms with Crippen LogP contribution in [0.4, 0.5) is 0 Å². The van der Waals surface area contributed by atoms with E-state index in [-0.39, 0.29) is 24.5 Å². The SMILES string of the molecule is N#CCn1c(COC(=O)/C=C/c2ccco2)nc2ccccc2c1=O. The Kier molecular flexibility index (Phi) is 4.72. The fourth-order valence-corrected chi connectivity index (χ4v) is 2.28. The van der Waals surface area contributed by atoms with Crippen molar-refractivity contribution in [1.82, 2.24) is 9.55 Å². The van der Waals surface area contributed by atoms with E-state index < -0.39 is 5.97 Å². The van der Waals surface area contributed by atoms with Crippen LogP contribution in [0.5, 0.6) is 0 Å². The monoisotopic (exact) mass is 335 g/mol. The van der Waals surface area contributed by atoms with Gasteiger partial charge in [0.05, 0.1) is 23.2 Å². The minimum atomic E-state index is -0.609. The molecule has 7 heteroatoms. The van der Waals surface area contributed by atoms with E-state index in [2.05, 4.69) is 4.98 Å². The number of furan rings is 1. The second-order valence-corrected chi connectivity index (χ2v) is 5.05. The number of rotatable bonds is 5. The van der Waals surface area contributed by atoms with Gasteiger partial charge in [-0.25, -0.2) is 9.78 Å². The normalized spacial score (nSPS) is 10.8. The number of aromatic nitrogens is 2. The summed E-state index contributed by atoms with van der Waals surface area (Å²) in [4.78, 5) is 28.6. The molecule has 7 nitrogen and oxygen atoms in total. The summed E-state index contributed by atoms with van der Waals surface area (Å²) in [5.74, 6) is 0.120. The lowest BCUT2D eigenvalue weighted by atomic mass is 10.2. The van der Waals surface area contributed by atoms with Crippen LogP contribution in [0.3, 0.4) is 0 Å². The van der Waals surface area contributed by atoms with Crippen LogP contribution in [0.1, 0.15) is 11.6 Å². The number of esters is 1. The minimum absolute atomic E-state index is 0.175.